The summed E-state index contributed by atoms with van der Waals surface area (Å²) < 4.78 is 12.8. The van der Waals surface area contributed by atoms with E-state index in [9.17, 15) is 14.4 Å². The summed E-state index contributed by atoms with van der Waals surface area (Å²) in [6.07, 6.45) is 0. The largest absolute Gasteiger partial charge is 0.465 e. The number of nitrogens with two attached hydrogens (primary N) is 2. The minimum atomic E-state index is -1.84. The molecule has 0 unspecified atom stereocenters. The molecule has 10 nitrogen and oxygen atoms in total. The van der Waals surface area contributed by atoms with Crippen LogP contribution in [0.25, 0.3) is 16.9 Å². The predicted molar refractivity (Wildman–Crippen MR) is 142 cm³/mol. The van der Waals surface area contributed by atoms with Crippen LogP contribution >= 0.6 is 0 Å². The van der Waals surface area contributed by atoms with Crippen LogP contribution in [0.2, 0.25) is 0 Å². The minimum Gasteiger partial charge on any atom is -0.465 e. The van der Waals surface area contributed by atoms with Gasteiger partial charge in [0.1, 0.15) is 23.2 Å². The van der Waals surface area contributed by atoms with E-state index in [4.69, 9.17) is 26.0 Å². The average molecular weight is 522 g/mol. The maximum atomic E-state index is 14.7. The molecule has 0 saturated carbocycles. The zero-order valence-electron chi connectivity index (χ0n) is 20.8. The highest BCUT2D eigenvalue weighted by atomic mass is 16.5. The molecule has 2 amide bonds. The number of anilines is 1. The van der Waals surface area contributed by atoms with Crippen LogP contribution in [-0.2, 0) is 24.5 Å². The molecule has 10 heteroatoms. The Hall–Kier alpha value is -5.38. The number of nitrogens with zero attached hydrogens (tertiary/aromatic N) is 3. The lowest BCUT2D eigenvalue weighted by Crippen LogP contribution is -2.50. The number of hydrogen-bond acceptors (Lipinski definition) is 7. The second kappa shape index (κ2) is 8.88. The first-order chi connectivity index (χ1) is 18.9. The van der Waals surface area contributed by atoms with E-state index in [-0.39, 0.29) is 17.3 Å². The van der Waals surface area contributed by atoms with Gasteiger partial charge in [0.25, 0.3) is 0 Å². The van der Waals surface area contributed by atoms with Crippen molar-refractivity contribution in [3.05, 3.63) is 108 Å². The molecule has 0 bridgehead atoms. The fourth-order valence-electron chi connectivity index (χ4n) is 5.45. The smallest absolute Gasteiger partial charge is 0.340 e. The van der Waals surface area contributed by atoms with Gasteiger partial charge in [-0.3, -0.25) is 9.59 Å². The number of fused-ring (bicyclic) bond motifs is 4. The highest BCUT2D eigenvalue weighted by molar-refractivity contribution is 6.20. The van der Waals surface area contributed by atoms with Gasteiger partial charge in [0.05, 0.1) is 18.4 Å². The third-order valence-corrected chi connectivity index (χ3v) is 6.96. The van der Waals surface area contributed by atoms with Gasteiger partial charge in [-0.2, -0.15) is 9.78 Å². The van der Waals surface area contributed by atoms with Crippen LogP contribution in [0.5, 0.6) is 5.88 Å². The van der Waals surface area contributed by atoms with Crippen molar-refractivity contribution >= 4 is 23.5 Å². The summed E-state index contributed by atoms with van der Waals surface area (Å²) in [4.78, 5) is 41.5. The number of benzene rings is 3. The standard InChI is InChI=1S/C29H23N5O5/c1-38-27(36)23-25(31)39-26-22(29(23)19-14-8-9-15-20(19)33(28(29)37)16-21(30)35)24(17-10-4-2-5-11-17)32-34(26)18-12-6-3-7-13-18/h2-15H,16,31H2,1H3,(H2,30,35)/t29-/m1/s1. The lowest BCUT2D eigenvalue weighted by Gasteiger charge is -2.34. The van der Waals surface area contributed by atoms with E-state index in [1.807, 2.05) is 60.7 Å². The Morgan fingerprint density at radius 2 is 1.62 bits per heavy atom. The van der Waals surface area contributed by atoms with E-state index < -0.39 is 29.7 Å². The van der Waals surface area contributed by atoms with E-state index in [0.717, 1.165) is 0 Å². The molecule has 1 spiro atoms. The topological polar surface area (TPSA) is 143 Å². The lowest BCUT2D eigenvalue weighted by molar-refractivity contribution is -0.138. The molecule has 39 heavy (non-hydrogen) atoms. The van der Waals surface area contributed by atoms with Crippen LogP contribution in [0.1, 0.15) is 11.1 Å². The molecule has 0 radical (unpaired) electrons. The molecule has 3 heterocycles. The molecule has 1 aromatic heterocycles. The Morgan fingerprint density at radius 3 is 2.28 bits per heavy atom. The van der Waals surface area contributed by atoms with E-state index in [0.29, 0.717) is 33.8 Å². The van der Waals surface area contributed by atoms with E-state index in [2.05, 4.69) is 0 Å². The van der Waals surface area contributed by atoms with E-state index >= 15 is 0 Å². The second-order valence-electron chi connectivity index (χ2n) is 9.10. The van der Waals surface area contributed by atoms with Gasteiger partial charge in [0.2, 0.25) is 23.6 Å². The maximum Gasteiger partial charge on any atom is 0.340 e. The number of carbonyl (C=O) groups is 3. The molecule has 1 atom stereocenters. The van der Waals surface area contributed by atoms with Crippen LogP contribution in [0.3, 0.4) is 0 Å². The van der Waals surface area contributed by atoms with Crippen molar-refractivity contribution in [3.63, 3.8) is 0 Å². The summed E-state index contributed by atoms with van der Waals surface area (Å²) in [5.74, 6) is -2.32. The SMILES string of the molecule is COC(=O)C1=C(N)Oc2c(c(-c3ccccc3)nn2-c2ccccc2)[C@@]12C(=O)N(CC(N)=O)c1ccccc12. The fourth-order valence-corrected chi connectivity index (χ4v) is 5.45. The van der Waals surface area contributed by atoms with Gasteiger partial charge in [-0.15, -0.1) is 0 Å². The van der Waals surface area contributed by atoms with Gasteiger partial charge >= 0.3 is 5.97 Å². The minimum absolute atomic E-state index is 0.161. The number of primary amides is 1. The first kappa shape index (κ1) is 24.0. The predicted octanol–water partition coefficient (Wildman–Crippen LogP) is 2.39. The van der Waals surface area contributed by atoms with Crippen molar-refractivity contribution in [2.75, 3.05) is 18.6 Å². The van der Waals surface area contributed by atoms with Gasteiger partial charge < -0.3 is 25.8 Å². The average Bonchev–Trinajstić information content (AvgIpc) is 3.44. The molecule has 4 aromatic rings. The summed E-state index contributed by atoms with van der Waals surface area (Å²) in [5, 5.41) is 4.89. The molecule has 4 N–H and O–H groups in total. The van der Waals surface area contributed by atoms with Gasteiger partial charge in [-0.05, 0) is 18.2 Å². The number of carbonyl (C=O) groups excluding carboxylic acids is 3. The molecular weight excluding hydrogens is 498 g/mol. The molecule has 0 saturated heterocycles. The van der Waals surface area contributed by atoms with Crippen molar-refractivity contribution < 1.29 is 23.9 Å². The highest BCUT2D eigenvalue weighted by Gasteiger charge is 2.63. The Bertz CT molecular complexity index is 1680. The molecule has 0 fully saturated rings. The van der Waals surface area contributed by atoms with Gasteiger partial charge in [0.15, 0.2) is 0 Å². The molecular formula is C29H23N5O5. The maximum absolute atomic E-state index is 14.7. The molecule has 3 aromatic carbocycles. The van der Waals surface area contributed by atoms with Crippen molar-refractivity contribution in [1.82, 2.24) is 9.78 Å². The number of amides is 2. The van der Waals surface area contributed by atoms with Crippen molar-refractivity contribution in [2.45, 2.75) is 5.41 Å². The summed E-state index contributed by atoms with van der Waals surface area (Å²) in [5.41, 5.74) is 12.8. The van der Waals surface area contributed by atoms with Crippen LogP contribution in [-0.4, -0.2) is 41.2 Å². The van der Waals surface area contributed by atoms with Gasteiger partial charge in [-0.25, -0.2) is 4.79 Å². The van der Waals surface area contributed by atoms with Gasteiger partial charge in [-0.1, -0.05) is 66.7 Å². The Balaban J connectivity index is 1.78. The fraction of sp³-hybridized carbons (Fsp3) is 0.103. The van der Waals surface area contributed by atoms with Gasteiger partial charge in [0, 0.05) is 16.8 Å². The second-order valence-corrected chi connectivity index (χ2v) is 9.10. The zero-order chi connectivity index (χ0) is 27.3. The summed E-state index contributed by atoms with van der Waals surface area (Å²) in [7, 11) is 1.20. The first-order valence-corrected chi connectivity index (χ1v) is 12.1. The van der Waals surface area contributed by atoms with E-state index in [1.165, 1.54) is 12.0 Å². The Morgan fingerprint density at radius 1 is 0.974 bits per heavy atom. The molecule has 2 aliphatic heterocycles. The Kier molecular flexibility index (Phi) is 5.46. The Labute approximate surface area is 223 Å². The quantitative estimate of drug-likeness (QED) is 0.384. The third kappa shape index (κ3) is 3.35. The number of ether oxygens (including phenoxy) is 2. The normalized spacial score (nSPS) is 17.6. The number of aromatic nitrogens is 2. The van der Waals surface area contributed by atoms with Crippen LogP contribution in [0.15, 0.2) is 96.4 Å². The number of hydrogen-bond donors (Lipinski definition) is 2. The number of para-hydroxylation sites is 2. The van der Waals surface area contributed by atoms with Crippen molar-refractivity contribution in [1.29, 1.82) is 0 Å². The van der Waals surface area contributed by atoms with Crippen molar-refractivity contribution in [2.24, 2.45) is 11.5 Å². The summed E-state index contributed by atoms with van der Waals surface area (Å²) in [6.45, 7) is -0.407. The first-order valence-electron chi connectivity index (χ1n) is 12.1. The number of esters is 1. The van der Waals surface area contributed by atoms with Crippen molar-refractivity contribution in [3.8, 4) is 22.8 Å². The lowest BCUT2D eigenvalue weighted by atomic mass is 9.68. The summed E-state index contributed by atoms with van der Waals surface area (Å²) >= 11 is 0. The highest BCUT2D eigenvalue weighted by Crippen LogP contribution is 2.58. The van der Waals surface area contributed by atoms with Crippen LogP contribution in [0.4, 0.5) is 5.69 Å². The zero-order valence-corrected chi connectivity index (χ0v) is 20.8. The summed E-state index contributed by atoms with van der Waals surface area (Å²) in [6, 6.07) is 25.3. The molecule has 6 rings (SSSR count). The van der Waals surface area contributed by atoms with Crippen LogP contribution in [0, 0.1) is 0 Å². The van der Waals surface area contributed by atoms with E-state index in [1.54, 1.807) is 28.9 Å². The molecule has 194 valence electrons. The molecule has 0 aliphatic carbocycles. The number of rotatable bonds is 5. The third-order valence-electron chi connectivity index (χ3n) is 6.96. The molecule has 2 aliphatic rings. The number of methoxy groups -OCH3 is 1. The van der Waals surface area contributed by atoms with Crippen LogP contribution < -0.4 is 21.1 Å². The monoisotopic (exact) mass is 521 g/mol.